The van der Waals surface area contributed by atoms with Gasteiger partial charge in [0.1, 0.15) is 0 Å². The molecule has 1 heterocycles. The first-order valence-corrected chi connectivity index (χ1v) is 12.3. The first-order valence-electron chi connectivity index (χ1n) is 11.8. The summed E-state index contributed by atoms with van der Waals surface area (Å²) in [7, 11) is 0. The van der Waals surface area contributed by atoms with Crippen LogP contribution in [0.1, 0.15) is 67.7 Å². The van der Waals surface area contributed by atoms with E-state index in [0.717, 1.165) is 56.7 Å². The number of nitrogens with zero attached hydrogens (tertiary/aromatic N) is 1. The molecule has 1 unspecified atom stereocenters. The number of hydrogen-bond acceptors (Lipinski definition) is 4. The van der Waals surface area contributed by atoms with E-state index in [2.05, 4.69) is 69.8 Å². The largest absolute Gasteiger partial charge is 0.399 e. The summed E-state index contributed by atoms with van der Waals surface area (Å²) < 4.78 is 5.09. The monoisotopic (exact) mass is 452 g/mol. The van der Waals surface area contributed by atoms with Crippen LogP contribution in [0.15, 0.2) is 59.2 Å². The fraction of sp³-hybridized carbons (Fsp3) is 0.464. The van der Waals surface area contributed by atoms with Crippen LogP contribution in [0, 0.1) is 13.8 Å². The van der Waals surface area contributed by atoms with Crippen LogP contribution in [0.4, 0.5) is 5.69 Å². The number of anilines is 1. The van der Waals surface area contributed by atoms with Crippen molar-refractivity contribution in [2.45, 2.75) is 71.0 Å². The predicted molar refractivity (Wildman–Crippen MR) is 143 cm³/mol. The van der Waals surface area contributed by atoms with E-state index < -0.39 is 0 Å². The number of nitrogen functional groups attached to an aromatic ring is 1. The zero-order valence-electron chi connectivity index (χ0n) is 20.2. The zero-order valence-corrected chi connectivity index (χ0v) is 21.1. The van der Waals surface area contributed by atoms with Crippen LogP contribution in [-0.2, 0) is 11.2 Å². The predicted octanol–water partition coefficient (Wildman–Crippen LogP) is 7.08. The van der Waals surface area contributed by atoms with Crippen molar-refractivity contribution in [2.24, 2.45) is 4.99 Å². The first kappa shape index (κ1) is 26.2. The number of benzene rings is 2. The van der Waals surface area contributed by atoms with Crippen LogP contribution in [-0.4, -0.2) is 24.7 Å². The van der Waals surface area contributed by atoms with Gasteiger partial charge < -0.3 is 10.5 Å². The number of aliphatic imine (C=N–C) groups is 1. The summed E-state index contributed by atoms with van der Waals surface area (Å²) in [6.45, 7) is 10.4. The van der Waals surface area contributed by atoms with Gasteiger partial charge in [-0.3, -0.25) is 4.99 Å². The van der Waals surface area contributed by atoms with Gasteiger partial charge in [0.05, 0.1) is 0 Å². The number of rotatable bonds is 7. The third kappa shape index (κ3) is 8.48. The maximum atomic E-state index is 5.85. The van der Waals surface area contributed by atoms with E-state index in [1.807, 2.05) is 25.3 Å². The van der Waals surface area contributed by atoms with Crippen LogP contribution in [0.2, 0.25) is 0 Å². The minimum absolute atomic E-state index is 0.256. The van der Waals surface area contributed by atoms with Crippen molar-refractivity contribution >= 4 is 24.5 Å². The lowest BCUT2D eigenvalue weighted by atomic mass is 9.85. The van der Waals surface area contributed by atoms with E-state index in [-0.39, 0.29) is 5.92 Å². The van der Waals surface area contributed by atoms with Gasteiger partial charge in [-0.25, -0.2) is 0 Å². The molecular formula is C28H40N2OS. The molecule has 1 aliphatic rings. The molecule has 1 fully saturated rings. The van der Waals surface area contributed by atoms with Gasteiger partial charge in [-0.1, -0.05) is 49.8 Å². The van der Waals surface area contributed by atoms with Crippen molar-refractivity contribution in [3.63, 3.8) is 0 Å². The maximum absolute atomic E-state index is 5.85. The van der Waals surface area contributed by atoms with Crippen molar-refractivity contribution in [1.82, 2.24) is 0 Å². The molecule has 3 rings (SSSR count). The lowest BCUT2D eigenvalue weighted by Gasteiger charge is -2.22. The molecule has 174 valence electrons. The Morgan fingerprint density at radius 1 is 1.16 bits per heavy atom. The van der Waals surface area contributed by atoms with Gasteiger partial charge in [0, 0.05) is 42.0 Å². The van der Waals surface area contributed by atoms with E-state index in [1.54, 1.807) is 0 Å². The van der Waals surface area contributed by atoms with Gasteiger partial charge in [0.25, 0.3) is 0 Å². The Morgan fingerprint density at radius 2 is 1.84 bits per heavy atom. The normalized spacial score (nSPS) is 16.0. The highest BCUT2D eigenvalue weighted by Gasteiger charge is 2.19. The summed E-state index contributed by atoms with van der Waals surface area (Å²) >= 11 is 4.28. The Morgan fingerprint density at radius 3 is 2.41 bits per heavy atom. The van der Waals surface area contributed by atoms with E-state index in [9.17, 15) is 0 Å². The molecule has 1 aliphatic heterocycles. The van der Waals surface area contributed by atoms with Gasteiger partial charge in [-0.15, -0.1) is 0 Å². The average Bonchev–Trinajstić information content (AvgIpc) is 2.79. The zero-order chi connectivity index (χ0) is 23.3. The fourth-order valence-electron chi connectivity index (χ4n) is 3.83. The third-order valence-corrected chi connectivity index (χ3v) is 6.43. The summed E-state index contributed by atoms with van der Waals surface area (Å²) in [6.07, 6.45) is 9.57. The Bertz CT molecular complexity index is 868. The Hall–Kier alpha value is -2.04. The topological polar surface area (TPSA) is 47.6 Å². The first-order chi connectivity index (χ1) is 15.5. The van der Waals surface area contributed by atoms with Gasteiger partial charge >= 0.3 is 0 Å². The smallest absolute Gasteiger partial charge is 0.0476 e. The van der Waals surface area contributed by atoms with E-state index in [4.69, 9.17) is 15.5 Å². The molecule has 2 aromatic carbocycles. The van der Waals surface area contributed by atoms with E-state index in [0.29, 0.717) is 5.25 Å². The molecule has 4 heteroatoms. The summed E-state index contributed by atoms with van der Waals surface area (Å²) in [5.41, 5.74) is 13.2. The molecule has 1 atom stereocenters. The number of aryl methyl sites for hydroxylation is 1. The van der Waals surface area contributed by atoms with Crippen LogP contribution >= 0.6 is 12.6 Å². The summed E-state index contributed by atoms with van der Waals surface area (Å²) in [6, 6.07) is 14.8. The highest BCUT2D eigenvalue weighted by molar-refractivity contribution is 7.80. The molecule has 0 saturated carbocycles. The van der Waals surface area contributed by atoms with Crippen molar-refractivity contribution in [1.29, 1.82) is 0 Å². The van der Waals surface area contributed by atoms with Crippen molar-refractivity contribution in [3.8, 4) is 0 Å². The van der Waals surface area contributed by atoms with Crippen LogP contribution in [0.5, 0.6) is 0 Å². The molecule has 1 saturated heterocycles. The summed E-state index contributed by atoms with van der Waals surface area (Å²) in [5.74, 6) is 0.256. The number of thiol groups is 1. The lowest BCUT2D eigenvalue weighted by Crippen LogP contribution is -2.14. The Balaban J connectivity index is 0.000000439. The van der Waals surface area contributed by atoms with E-state index in [1.165, 1.54) is 22.3 Å². The number of allylic oxidation sites excluding steroid dienone is 2. The molecular weight excluding hydrogens is 412 g/mol. The van der Waals surface area contributed by atoms with Crippen LogP contribution in [0.25, 0.3) is 0 Å². The molecule has 32 heavy (non-hydrogen) atoms. The average molecular weight is 453 g/mol. The molecule has 0 amide bonds. The van der Waals surface area contributed by atoms with Crippen molar-refractivity contribution in [3.05, 3.63) is 76.5 Å². The second-order valence-electron chi connectivity index (χ2n) is 8.44. The summed E-state index contributed by atoms with van der Waals surface area (Å²) in [4.78, 5) is 4.73. The molecule has 0 bridgehead atoms. The summed E-state index contributed by atoms with van der Waals surface area (Å²) in [5, 5.41) is 0.605. The molecule has 0 radical (unpaired) electrons. The van der Waals surface area contributed by atoms with Gasteiger partial charge in [-0.05, 0) is 80.8 Å². The molecule has 0 aromatic heterocycles. The maximum Gasteiger partial charge on any atom is 0.0476 e. The Kier molecular flexibility index (Phi) is 11.6. The molecule has 3 nitrogen and oxygen atoms in total. The van der Waals surface area contributed by atoms with Crippen LogP contribution in [0.3, 0.4) is 0 Å². The highest BCUT2D eigenvalue weighted by Crippen LogP contribution is 2.33. The minimum Gasteiger partial charge on any atom is -0.399 e. The third-order valence-electron chi connectivity index (χ3n) is 5.91. The van der Waals surface area contributed by atoms with Crippen molar-refractivity contribution in [2.75, 3.05) is 18.9 Å². The lowest BCUT2D eigenvalue weighted by molar-refractivity contribution is 0.100. The SMILES string of the molecule is CC=N/C(=C\CCC)C(Cc1ccc(N)cc1)c1cccc(C)c1C.SC1CCOCC1. The minimum atomic E-state index is 0.256. The second kappa shape index (κ2) is 14.2. The number of ether oxygens (including phenoxy) is 1. The fourth-order valence-corrected chi connectivity index (χ4v) is 4.04. The van der Waals surface area contributed by atoms with Crippen LogP contribution < -0.4 is 5.73 Å². The molecule has 0 aliphatic carbocycles. The van der Waals surface area contributed by atoms with Gasteiger partial charge in [0.15, 0.2) is 0 Å². The Labute approximate surface area is 200 Å². The quantitative estimate of drug-likeness (QED) is 0.268. The standard InChI is InChI=1S/C23H30N2.C5H10OS/c1-5-7-11-23(25-6-2)22(16-19-12-14-20(24)15-13-19)21-10-8-9-17(3)18(21)4;7-5-1-3-6-4-2-5/h6,8-15,22H,5,7,16,24H2,1-4H3;5,7H,1-4H2/b23-11-,25-6?;. The number of unbranched alkanes of at least 4 members (excludes halogenated alkanes) is 1. The van der Waals surface area contributed by atoms with Crippen molar-refractivity contribution < 1.29 is 4.74 Å². The highest BCUT2D eigenvalue weighted by atomic mass is 32.1. The molecule has 2 aromatic rings. The molecule has 2 N–H and O–H groups in total. The van der Waals surface area contributed by atoms with E-state index >= 15 is 0 Å². The van der Waals surface area contributed by atoms with Gasteiger partial charge in [-0.2, -0.15) is 12.6 Å². The van der Waals surface area contributed by atoms with Gasteiger partial charge in [0.2, 0.25) is 0 Å². The number of hydrogen-bond donors (Lipinski definition) is 2. The number of nitrogens with two attached hydrogens (primary N) is 1. The second-order valence-corrected chi connectivity index (χ2v) is 9.17. The molecule has 0 spiro atoms.